The van der Waals surface area contributed by atoms with Crippen LogP contribution in [0.4, 0.5) is 9.93 Å². The lowest BCUT2D eigenvalue weighted by Gasteiger charge is -2.39. The largest absolute Gasteiger partial charge is 0.396 e. The van der Waals surface area contributed by atoms with E-state index in [-0.39, 0.29) is 18.1 Å². The molecule has 2 aromatic heterocycles. The summed E-state index contributed by atoms with van der Waals surface area (Å²) in [5, 5.41) is 25.7. The van der Waals surface area contributed by atoms with Gasteiger partial charge in [-0.15, -0.1) is 10.2 Å². The molecule has 2 aromatic rings. The van der Waals surface area contributed by atoms with Crippen molar-refractivity contribution in [1.82, 2.24) is 15.1 Å². The van der Waals surface area contributed by atoms with Gasteiger partial charge in [0.05, 0.1) is 6.61 Å². The molecule has 1 fully saturated rings. The van der Waals surface area contributed by atoms with E-state index in [2.05, 4.69) is 15.5 Å². The summed E-state index contributed by atoms with van der Waals surface area (Å²) in [5.74, 6) is 0. The average molecular weight is 338 g/mol. The van der Waals surface area contributed by atoms with E-state index in [1.807, 2.05) is 23.8 Å². The standard InChI is InChI=1S/C14H18N4O2S2/c1-14(9-19)4-2-5-18(8-14)13(20)15-12-17-16-11(22-12)10-3-6-21-7-10/h3,6-7,19H,2,4-5,8-9H2,1H3,(H,15,17,20). The molecule has 0 radical (unpaired) electrons. The summed E-state index contributed by atoms with van der Waals surface area (Å²) in [5.41, 5.74) is 0.812. The molecular formula is C14H18N4O2S2. The van der Waals surface area contributed by atoms with Crippen LogP contribution in [0, 0.1) is 5.41 Å². The Morgan fingerprint density at radius 1 is 1.55 bits per heavy atom. The number of aliphatic hydroxyl groups excluding tert-OH is 1. The first-order valence-corrected chi connectivity index (χ1v) is 8.88. The predicted molar refractivity (Wildman–Crippen MR) is 88.2 cm³/mol. The van der Waals surface area contributed by atoms with Crippen LogP contribution in [-0.2, 0) is 0 Å². The Hall–Kier alpha value is -1.51. The van der Waals surface area contributed by atoms with Crippen molar-refractivity contribution >= 4 is 33.8 Å². The molecule has 2 amide bonds. The Morgan fingerprint density at radius 3 is 3.14 bits per heavy atom. The number of thiophene rings is 1. The number of hydrogen-bond donors (Lipinski definition) is 2. The van der Waals surface area contributed by atoms with E-state index in [1.165, 1.54) is 11.3 Å². The minimum absolute atomic E-state index is 0.0951. The number of likely N-dealkylation sites (tertiary alicyclic amines) is 1. The van der Waals surface area contributed by atoms with Gasteiger partial charge in [0, 0.05) is 29.4 Å². The van der Waals surface area contributed by atoms with E-state index in [9.17, 15) is 9.90 Å². The fourth-order valence-electron chi connectivity index (χ4n) is 2.57. The molecule has 1 aliphatic heterocycles. The van der Waals surface area contributed by atoms with Crippen LogP contribution in [0.5, 0.6) is 0 Å². The molecule has 1 unspecified atom stereocenters. The number of anilines is 1. The van der Waals surface area contributed by atoms with Crippen LogP contribution in [0.3, 0.4) is 0 Å². The molecule has 8 heteroatoms. The van der Waals surface area contributed by atoms with E-state index in [0.29, 0.717) is 18.2 Å². The number of aromatic nitrogens is 2. The van der Waals surface area contributed by atoms with Gasteiger partial charge in [-0.2, -0.15) is 11.3 Å². The highest BCUT2D eigenvalue weighted by Gasteiger charge is 2.32. The molecule has 0 saturated carbocycles. The lowest BCUT2D eigenvalue weighted by molar-refractivity contribution is 0.0648. The van der Waals surface area contributed by atoms with Crippen molar-refractivity contribution in [2.24, 2.45) is 5.41 Å². The molecule has 0 bridgehead atoms. The van der Waals surface area contributed by atoms with Gasteiger partial charge in [-0.1, -0.05) is 18.3 Å². The molecule has 1 atom stereocenters. The Balaban J connectivity index is 1.64. The number of nitrogens with zero attached hydrogens (tertiary/aromatic N) is 3. The molecule has 1 aliphatic rings. The molecule has 2 N–H and O–H groups in total. The molecule has 0 spiro atoms. The van der Waals surface area contributed by atoms with Crippen molar-refractivity contribution < 1.29 is 9.90 Å². The quantitative estimate of drug-likeness (QED) is 0.902. The maximum absolute atomic E-state index is 12.3. The van der Waals surface area contributed by atoms with Crippen molar-refractivity contribution in [2.75, 3.05) is 25.0 Å². The summed E-state index contributed by atoms with van der Waals surface area (Å²) in [6, 6.07) is 1.81. The molecule has 22 heavy (non-hydrogen) atoms. The zero-order valence-corrected chi connectivity index (χ0v) is 13.9. The summed E-state index contributed by atoms with van der Waals surface area (Å²) in [6.45, 7) is 3.37. The Bertz CT molecular complexity index is 643. The van der Waals surface area contributed by atoms with E-state index in [4.69, 9.17) is 0 Å². The fraction of sp³-hybridized carbons (Fsp3) is 0.500. The van der Waals surface area contributed by atoms with E-state index in [0.717, 1.165) is 23.4 Å². The third-order valence-electron chi connectivity index (χ3n) is 3.86. The molecule has 3 rings (SSSR count). The smallest absolute Gasteiger partial charge is 0.323 e. The first-order chi connectivity index (χ1) is 10.6. The van der Waals surface area contributed by atoms with Gasteiger partial charge in [-0.05, 0) is 24.3 Å². The van der Waals surface area contributed by atoms with Crippen molar-refractivity contribution in [2.45, 2.75) is 19.8 Å². The predicted octanol–water partition coefficient (Wildman–Crippen LogP) is 2.89. The number of piperidine rings is 1. The van der Waals surface area contributed by atoms with Gasteiger partial charge in [0.2, 0.25) is 5.13 Å². The number of hydrogen-bond acceptors (Lipinski definition) is 6. The lowest BCUT2D eigenvalue weighted by atomic mass is 9.83. The van der Waals surface area contributed by atoms with Crippen LogP contribution < -0.4 is 5.32 Å². The summed E-state index contributed by atoms with van der Waals surface area (Å²) < 4.78 is 0. The van der Waals surface area contributed by atoms with E-state index < -0.39 is 0 Å². The van der Waals surface area contributed by atoms with Gasteiger partial charge in [-0.25, -0.2) is 4.79 Å². The second-order valence-corrected chi connectivity index (χ2v) is 7.61. The number of urea groups is 1. The van der Waals surface area contributed by atoms with Crippen LogP contribution in [-0.4, -0.2) is 45.9 Å². The van der Waals surface area contributed by atoms with Gasteiger partial charge in [-0.3, -0.25) is 5.32 Å². The highest BCUT2D eigenvalue weighted by Crippen LogP contribution is 2.30. The number of rotatable bonds is 3. The summed E-state index contributed by atoms with van der Waals surface area (Å²) >= 11 is 2.97. The second kappa shape index (κ2) is 6.31. The van der Waals surface area contributed by atoms with Gasteiger partial charge in [0.25, 0.3) is 0 Å². The number of amides is 2. The number of carbonyl (C=O) groups excluding carboxylic acids is 1. The second-order valence-electron chi connectivity index (χ2n) is 5.85. The normalized spacial score (nSPS) is 21.8. The summed E-state index contributed by atoms with van der Waals surface area (Å²) in [6.07, 6.45) is 1.84. The average Bonchev–Trinajstić information content (AvgIpc) is 3.18. The van der Waals surface area contributed by atoms with Gasteiger partial charge >= 0.3 is 6.03 Å². The Kier molecular flexibility index (Phi) is 4.42. The van der Waals surface area contributed by atoms with Crippen molar-refractivity contribution in [1.29, 1.82) is 0 Å². The summed E-state index contributed by atoms with van der Waals surface area (Å²) in [4.78, 5) is 14.1. The molecular weight excluding hydrogens is 320 g/mol. The molecule has 0 aromatic carbocycles. The van der Waals surface area contributed by atoms with Gasteiger partial charge in [0.1, 0.15) is 5.01 Å². The van der Waals surface area contributed by atoms with Crippen LogP contribution in [0.2, 0.25) is 0 Å². The SMILES string of the molecule is CC1(CO)CCCN(C(=O)Nc2nnc(-c3ccsc3)s2)C1. The first-order valence-electron chi connectivity index (χ1n) is 7.12. The van der Waals surface area contributed by atoms with Crippen LogP contribution in [0.1, 0.15) is 19.8 Å². The molecule has 6 nitrogen and oxygen atoms in total. The number of nitrogens with one attached hydrogen (secondary N) is 1. The van der Waals surface area contributed by atoms with Crippen LogP contribution in [0.25, 0.3) is 10.6 Å². The molecule has 0 aliphatic carbocycles. The molecule has 1 saturated heterocycles. The minimum atomic E-state index is -0.210. The number of carbonyl (C=O) groups is 1. The topological polar surface area (TPSA) is 78.4 Å². The fourth-order valence-corrected chi connectivity index (χ4v) is 4.01. The lowest BCUT2D eigenvalue weighted by Crippen LogP contribution is -2.47. The third-order valence-corrected chi connectivity index (χ3v) is 5.43. The number of aliphatic hydroxyl groups is 1. The van der Waals surface area contributed by atoms with Gasteiger partial charge in [0.15, 0.2) is 0 Å². The molecule has 3 heterocycles. The maximum atomic E-state index is 12.3. The zero-order chi connectivity index (χ0) is 15.6. The highest BCUT2D eigenvalue weighted by atomic mass is 32.1. The first kappa shape index (κ1) is 15.4. The van der Waals surface area contributed by atoms with Crippen molar-refractivity contribution in [3.63, 3.8) is 0 Å². The third kappa shape index (κ3) is 3.29. The maximum Gasteiger partial charge on any atom is 0.323 e. The monoisotopic (exact) mass is 338 g/mol. The minimum Gasteiger partial charge on any atom is -0.396 e. The highest BCUT2D eigenvalue weighted by molar-refractivity contribution is 7.19. The van der Waals surface area contributed by atoms with Crippen molar-refractivity contribution in [3.8, 4) is 10.6 Å². The Morgan fingerprint density at radius 2 is 2.41 bits per heavy atom. The molecule has 118 valence electrons. The van der Waals surface area contributed by atoms with E-state index in [1.54, 1.807) is 16.2 Å². The van der Waals surface area contributed by atoms with Crippen molar-refractivity contribution in [3.05, 3.63) is 16.8 Å². The van der Waals surface area contributed by atoms with Gasteiger partial charge < -0.3 is 10.0 Å². The summed E-state index contributed by atoms with van der Waals surface area (Å²) in [7, 11) is 0. The van der Waals surface area contributed by atoms with E-state index >= 15 is 0 Å². The zero-order valence-electron chi connectivity index (χ0n) is 12.3. The van der Waals surface area contributed by atoms with Crippen LogP contribution >= 0.6 is 22.7 Å². The Labute approximate surface area is 136 Å². The van der Waals surface area contributed by atoms with Crippen LogP contribution in [0.15, 0.2) is 16.8 Å².